The highest BCUT2D eigenvalue weighted by Gasteiger charge is 2.20. The molecule has 21 heavy (non-hydrogen) atoms. The number of hydrogen-bond donors (Lipinski definition) is 1. The number of rotatable bonds is 5. The molecule has 0 saturated carbocycles. The summed E-state index contributed by atoms with van der Waals surface area (Å²) >= 11 is 5.85. The van der Waals surface area contributed by atoms with Gasteiger partial charge in [0.1, 0.15) is 5.82 Å². The van der Waals surface area contributed by atoms with E-state index in [-0.39, 0.29) is 11.9 Å². The molecule has 1 unspecified atom stereocenters. The Labute approximate surface area is 130 Å². The van der Waals surface area contributed by atoms with Crippen LogP contribution in [0.5, 0.6) is 0 Å². The molecule has 0 aliphatic rings. The van der Waals surface area contributed by atoms with E-state index in [1.807, 2.05) is 20.0 Å². The van der Waals surface area contributed by atoms with Crippen molar-refractivity contribution in [2.45, 2.75) is 33.2 Å². The maximum atomic E-state index is 14.3. The molecule has 1 aromatic heterocycles. The van der Waals surface area contributed by atoms with Gasteiger partial charge in [-0.05, 0) is 50.1 Å². The van der Waals surface area contributed by atoms with Gasteiger partial charge in [-0.1, -0.05) is 30.7 Å². The smallest absolute Gasteiger partial charge is 0.129 e. The zero-order valence-corrected chi connectivity index (χ0v) is 13.3. The molecule has 1 N–H and O–H groups in total. The molecule has 112 valence electrons. The second kappa shape index (κ2) is 7.01. The van der Waals surface area contributed by atoms with Crippen molar-refractivity contribution in [3.63, 3.8) is 0 Å². The van der Waals surface area contributed by atoms with Gasteiger partial charge in [-0.3, -0.25) is 4.98 Å². The summed E-state index contributed by atoms with van der Waals surface area (Å²) < 4.78 is 14.3. The minimum absolute atomic E-state index is 0.261. The molecule has 0 fully saturated rings. The second-order valence-corrected chi connectivity index (χ2v) is 5.70. The fourth-order valence-corrected chi connectivity index (χ4v) is 2.57. The van der Waals surface area contributed by atoms with E-state index in [0.29, 0.717) is 10.6 Å². The number of aromatic nitrogens is 1. The van der Waals surface area contributed by atoms with Gasteiger partial charge in [0, 0.05) is 16.8 Å². The lowest BCUT2D eigenvalue weighted by atomic mass is 9.98. The largest absolute Gasteiger partial charge is 0.305 e. The molecule has 0 aliphatic carbocycles. The predicted molar refractivity (Wildman–Crippen MR) is 85.3 cm³/mol. The summed E-state index contributed by atoms with van der Waals surface area (Å²) in [5, 5.41) is 3.78. The van der Waals surface area contributed by atoms with Gasteiger partial charge in [-0.15, -0.1) is 0 Å². The van der Waals surface area contributed by atoms with Gasteiger partial charge in [0.2, 0.25) is 0 Å². The Hall–Kier alpha value is -1.45. The standard InChI is InChI=1S/C17H20ClFN2/c1-4-7-20-17(14-6-5-13(18)9-15(14)19)16-12(3)8-11(2)10-21-16/h5-6,8-10,17,20H,4,7H2,1-3H3. The third-order valence-electron chi connectivity index (χ3n) is 3.40. The number of aryl methyl sites for hydroxylation is 2. The fraction of sp³-hybridized carbons (Fsp3) is 0.353. The van der Waals surface area contributed by atoms with E-state index in [9.17, 15) is 4.39 Å². The fourth-order valence-electron chi connectivity index (χ4n) is 2.41. The summed E-state index contributed by atoms with van der Waals surface area (Å²) in [5.41, 5.74) is 3.59. The Morgan fingerprint density at radius 1 is 1.29 bits per heavy atom. The van der Waals surface area contributed by atoms with Gasteiger partial charge < -0.3 is 5.32 Å². The summed E-state index contributed by atoms with van der Waals surface area (Å²) in [5.74, 6) is -0.308. The van der Waals surface area contributed by atoms with Gasteiger partial charge in [0.05, 0.1) is 11.7 Å². The molecule has 0 saturated heterocycles. The predicted octanol–water partition coefficient (Wildman–Crippen LogP) is 4.58. The molecule has 1 heterocycles. The summed E-state index contributed by atoms with van der Waals surface area (Å²) in [6.07, 6.45) is 2.79. The van der Waals surface area contributed by atoms with Crippen LogP contribution in [0.3, 0.4) is 0 Å². The van der Waals surface area contributed by atoms with Crippen molar-refractivity contribution in [2.24, 2.45) is 0 Å². The van der Waals surface area contributed by atoms with Gasteiger partial charge >= 0.3 is 0 Å². The average molecular weight is 307 g/mol. The second-order valence-electron chi connectivity index (χ2n) is 5.27. The first kappa shape index (κ1) is 15.9. The third-order valence-corrected chi connectivity index (χ3v) is 3.64. The van der Waals surface area contributed by atoms with E-state index in [2.05, 4.69) is 23.3 Å². The summed E-state index contributed by atoms with van der Waals surface area (Å²) in [4.78, 5) is 4.51. The number of nitrogens with one attached hydrogen (secondary N) is 1. The molecule has 0 amide bonds. The minimum atomic E-state index is -0.308. The van der Waals surface area contributed by atoms with E-state index in [1.54, 1.807) is 12.1 Å². The number of nitrogens with zero attached hydrogens (tertiary/aromatic N) is 1. The van der Waals surface area contributed by atoms with Gasteiger partial charge in [-0.25, -0.2) is 4.39 Å². The first-order valence-corrected chi connectivity index (χ1v) is 7.52. The lowest BCUT2D eigenvalue weighted by Crippen LogP contribution is -2.25. The molecule has 0 aliphatic heterocycles. The van der Waals surface area contributed by atoms with Gasteiger partial charge in [0.25, 0.3) is 0 Å². The zero-order chi connectivity index (χ0) is 15.4. The molecule has 2 rings (SSSR count). The van der Waals surface area contributed by atoms with Crippen LogP contribution in [0.15, 0.2) is 30.5 Å². The highest BCUT2D eigenvalue weighted by atomic mass is 35.5. The number of halogens is 2. The van der Waals surface area contributed by atoms with E-state index >= 15 is 0 Å². The summed E-state index contributed by atoms with van der Waals surface area (Å²) in [6, 6.07) is 6.59. The van der Waals surface area contributed by atoms with Crippen LogP contribution in [-0.2, 0) is 0 Å². The Morgan fingerprint density at radius 3 is 2.67 bits per heavy atom. The maximum absolute atomic E-state index is 14.3. The van der Waals surface area contributed by atoms with Gasteiger partial charge in [-0.2, -0.15) is 0 Å². The number of benzene rings is 1. The van der Waals surface area contributed by atoms with Crippen LogP contribution in [0.4, 0.5) is 4.39 Å². The Balaban J connectivity index is 2.46. The molecule has 1 atom stereocenters. The van der Waals surface area contributed by atoms with E-state index in [1.165, 1.54) is 6.07 Å². The van der Waals surface area contributed by atoms with Gasteiger partial charge in [0.15, 0.2) is 0 Å². The van der Waals surface area contributed by atoms with Crippen LogP contribution in [-0.4, -0.2) is 11.5 Å². The first-order valence-electron chi connectivity index (χ1n) is 7.14. The summed E-state index contributed by atoms with van der Waals surface area (Å²) in [7, 11) is 0. The van der Waals surface area contributed by atoms with Crippen LogP contribution in [0, 0.1) is 19.7 Å². The van der Waals surface area contributed by atoms with Crippen molar-refractivity contribution in [1.29, 1.82) is 0 Å². The molecular formula is C17H20ClFN2. The number of hydrogen-bond acceptors (Lipinski definition) is 2. The highest BCUT2D eigenvalue weighted by molar-refractivity contribution is 6.30. The SMILES string of the molecule is CCCNC(c1ccc(Cl)cc1F)c1ncc(C)cc1C. The topological polar surface area (TPSA) is 24.9 Å². The van der Waals surface area contributed by atoms with E-state index in [4.69, 9.17) is 11.6 Å². The molecule has 1 aromatic carbocycles. The van der Waals surface area contributed by atoms with Crippen LogP contribution in [0.1, 0.15) is 41.8 Å². The third kappa shape index (κ3) is 3.80. The Morgan fingerprint density at radius 2 is 2.05 bits per heavy atom. The lowest BCUT2D eigenvalue weighted by Gasteiger charge is -2.21. The molecule has 4 heteroatoms. The molecule has 2 aromatic rings. The minimum Gasteiger partial charge on any atom is -0.305 e. The van der Waals surface area contributed by atoms with Crippen LogP contribution < -0.4 is 5.32 Å². The van der Waals surface area contributed by atoms with Crippen molar-refractivity contribution in [3.8, 4) is 0 Å². The highest BCUT2D eigenvalue weighted by Crippen LogP contribution is 2.27. The molecule has 0 spiro atoms. The zero-order valence-electron chi connectivity index (χ0n) is 12.6. The molecule has 0 bridgehead atoms. The van der Waals surface area contributed by atoms with E-state index in [0.717, 1.165) is 29.8 Å². The Bertz CT molecular complexity index is 577. The molecular weight excluding hydrogens is 287 g/mol. The Kier molecular flexibility index (Phi) is 5.32. The van der Waals surface area contributed by atoms with Crippen molar-refractivity contribution >= 4 is 11.6 Å². The molecule has 2 nitrogen and oxygen atoms in total. The quantitative estimate of drug-likeness (QED) is 0.874. The number of pyridine rings is 1. The maximum Gasteiger partial charge on any atom is 0.129 e. The van der Waals surface area contributed by atoms with Crippen molar-refractivity contribution in [1.82, 2.24) is 10.3 Å². The lowest BCUT2D eigenvalue weighted by molar-refractivity contribution is 0.537. The van der Waals surface area contributed by atoms with Crippen molar-refractivity contribution in [3.05, 3.63) is 63.7 Å². The average Bonchev–Trinajstić information content (AvgIpc) is 2.42. The normalized spacial score (nSPS) is 12.4. The van der Waals surface area contributed by atoms with Crippen LogP contribution in [0.25, 0.3) is 0 Å². The first-order chi connectivity index (χ1) is 10.0. The van der Waals surface area contributed by atoms with Crippen molar-refractivity contribution < 1.29 is 4.39 Å². The van der Waals surface area contributed by atoms with Crippen LogP contribution in [0.2, 0.25) is 5.02 Å². The summed E-state index contributed by atoms with van der Waals surface area (Å²) in [6.45, 7) is 6.88. The van der Waals surface area contributed by atoms with Crippen LogP contribution >= 0.6 is 11.6 Å². The van der Waals surface area contributed by atoms with Crippen molar-refractivity contribution in [2.75, 3.05) is 6.54 Å². The molecule has 0 radical (unpaired) electrons. The monoisotopic (exact) mass is 306 g/mol. The van der Waals surface area contributed by atoms with E-state index < -0.39 is 0 Å².